The van der Waals surface area contributed by atoms with Gasteiger partial charge in [0.25, 0.3) is 0 Å². The number of hydrogen-bond acceptors (Lipinski definition) is 3. The van der Waals surface area contributed by atoms with Crippen molar-refractivity contribution in [3.63, 3.8) is 0 Å². The van der Waals surface area contributed by atoms with Gasteiger partial charge in [0.2, 0.25) is 0 Å². The Bertz CT molecular complexity index is 570. The summed E-state index contributed by atoms with van der Waals surface area (Å²) in [6.45, 7) is 7.91. The van der Waals surface area contributed by atoms with Gasteiger partial charge in [-0.25, -0.2) is 9.78 Å². The van der Waals surface area contributed by atoms with Gasteiger partial charge in [-0.3, -0.25) is 0 Å². The van der Waals surface area contributed by atoms with Crippen LogP contribution in [-0.4, -0.2) is 46.3 Å². The van der Waals surface area contributed by atoms with Crippen LogP contribution in [0.25, 0.3) is 0 Å². The molecule has 2 saturated heterocycles. The van der Waals surface area contributed by atoms with Crippen molar-refractivity contribution in [2.24, 2.45) is 11.3 Å². The Morgan fingerprint density at radius 1 is 1.36 bits per heavy atom. The summed E-state index contributed by atoms with van der Waals surface area (Å²) < 4.78 is 0. The zero-order chi connectivity index (χ0) is 16.1. The second-order valence-corrected chi connectivity index (χ2v) is 7.77. The van der Waals surface area contributed by atoms with Crippen molar-refractivity contribution < 1.29 is 9.90 Å². The minimum Gasteiger partial charge on any atom is -0.465 e. The quantitative estimate of drug-likeness (QED) is 0.805. The van der Waals surface area contributed by atoms with Crippen molar-refractivity contribution in [3.8, 4) is 0 Å². The van der Waals surface area contributed by atoms with E-state index in [1.807, 2.05) is 6.07 Å². The topological polar surface area (TPSA) is 56.7 Å². The van der Waals surface area contributed by atoms with Gasteiger partial charge in [-0.2, -0.15) is 0 Å². The minimum atomic E-state index is -0.823. The maximum absolute atomic E-state index is 11.3. The molecular formula is C16H22ClN3O2. The highest BCUT2D eigenvalue weighted by molar-refractivity contribution is 6.29. The van der Waals surface area contributed by atoms with E-state index < -0.39 is 6.09 Å². The first-order valence-electron chi connectivity index (χ1n) is 7.65. The largest absolute Gasteiger partial charge is 0.465 e. The standard InChI is InChI=1S/C16H22ClN3O2/c1-16(2,3)13-6-10-8-19(15(21)22)9-12(10)20(13)11-4-5-14(17)18-7-11/h4-5,7,10,12-13H,6,8-9H2,1-3H3,(H,21,22)/t10-,12+,13?/m0/s1. The third kappa shape index (κ3) is 2.62. The Labute approximate surface area is 135 Å². The van der Waals surface area contributed by atoms with Crippen LogP contribution in [0.15, 0.2) is 18.3 Å². The molecule has 0 spiro atoms. The van der Waals surface area contributed by atoms with Crippen LogP contribution in [0.5, 0.6) is 0 Å². The molecule has 6 heteroatoms. The molecule has 22 heavy (non-hydrogen) atoms. The zero-order valence-electron chi connectivity index (χ0n) is 13.2. The summed E-state index contributed by atoms with van der Waals surface area (Å²) in [6, 6.07) is 4.39. The number of anilines is 1. The number of halogens is 1. The average molecular weight is 324 g/mol. The van der Waals surface area contributed by atoms with E-state index in [2.05, 4.69) is 30.7 Å². The molecular weight excluding hydrogens is 302 g/mol. The first kappa shape index (κ1) is 15.4. The molecule has 3 atom stereocenters. The van der Waals surface area contributed by atoms with Crippen LogP contribution in [0, 0.1) is 11.3 Å². The summed E-state index contributed by atoms with van der Waals surface area (Å²) >= 11 is 5.91. The number of pyridine rings is 1. The highest BCUT2D eigenvalue weighted by atomic mass is 35.5. The lowest BCUT2D eigenvalue weighted by Gasteiger charge is -2.39. The fourth-order valence-electron chi connectivity index (χ4n) is 3.85. The summed E-state index contributed by atoms with van der Waals surface area (Å²) in [7, 11) is 0. The number of rotatable bonds is 1. The monoisotopic (exact) mass is 323 g/mol. The average Bonchev–Trinajstić information content (AvgIpc) is 2.96. The number of fused-ring (bicyclic) bond motifs is 1. The highest BCUT2D eigenvalue weighted by Crippen LogP contribution is 2.44. The van der Waals surface area contributed by atoms with Gasteiger partial charge < -0.3 is 14.9 Å². The van der Waals surface area contributed by atoms with Gasteiger partial charge in [0, 0.05) is 25.0 Å². The van der Waals surface area contributed by atoms with E-state index in [-0.39, 0.29) is 11.5 Å². The van der Waals surface area contributed by atoms with E-state index >= 15 is 0 Å². The third-order valence-electron chi connectivity index (χ3n) is 4.91. The first-order chi connectivity index (χ1) is 10.3. The van der Waals surface area contributed by atoms with Gasteiger partial charge in [0.15, 0.2) is 0 Å². The van der Waals surface area contributed by atoms with Crippen molar-refractivity contribution in [1.82, 2.24) is 9.88 Å². The van der Waals surface area contributed by atoms with Crippen LogP contribution in [0.2, 0.25) is 5.15 Å². The van der Waals surface area contributed by atoms with Crippen molar-refractivity contribution >= 4 is 23.4 Å². The van der Waals surface area contributed by atoms with Crippen molar-refractivity contribution in [2.75, 3.05) is 18.0 Å². The molecule has 2 aliphatic rings. The lowest BCUT2D eigenvalue weighted by atomic mass is 9.83. The van der Waals surface area contributed by atoms with Crippen LogP contribution >= 0.6 is 11.6 Å². The van der Waals surface area contributed by atoms with E-state index in [0.717, 1.165) is 12.1 Å². The molecule has 0 radical (unpaired) electrons. The maximum atomic E-state index is 11.3. The summed E-state index contributed by atoms with van der Waals surface area (Å²) in [5.74, 6) is 0.385. The third-order valence-corrected chi connectivity index (χ3v) is 5.13. The molecule has 120 valence electrons. The predicted molar refractivity (Wildman–Crippen MR) is 86.5 cm³/mol. The van der Waals surface area contributed by atoms with Crippen LogP contribution in [0.4, 0.5) is 10.5 Å². The number of likely N-dealkylation sites (tertiary alicyclic amines) is 1. The van der Waals surface area contributed by atoms with Gasteiger partial charge >= 0.3 is 6.09 Å². The van der Waals surface area contributed by atoms with E-state index in [4.69, 9.17) is 11.6 Å². The van der Waals surface area contributed by atoms with Gasteiger partial charge in [0.1, 0.15) is 5.15 Å². The second-order valence-electron chi connectivity index (χ2n) is 7.38. The van der Waals surface area contributed by atoms with Gasteiger partial charge in [0.05, 0.1) is 17.9 Å². The molecule has 0 saturated carbocycles. The summed E-state index contributed by atoms with van der Waals surface area (Å²) in [4.78, 5) is 19.4. The van der Waals surface area contributed by atoms with E-state index in [9.17, 15) is 9.90 Å². The van der Waals surface area contributed by atoms with Crippen LogP contribution in [0.3, 0.4) is 0 Å². The molecule has 5 nitrogen and oxygen atoms in total. The summed E-state index contributed by atoms with van der Waals surface area (Å²) in [6.07, 6.45) is 1.99. The maximum Gasteiger partial charge on any atom is 0.407 e. The Hall–Kier alpha value is -1.49. The number of hydrogen-bond donors (Lipinski definition) is 1. The van der Waals surface area contributed by atoms with Gasteiger partial charge in [-0.05, 0) is 24.0 Å². The molecule has 3 heterocycles. The molecule has 1 amide bonds. The molecule has 2 aliphatic heterocycles. The SMILES string of the molecule is CC(C)(C)C1C[C@H]2CN(C(=O)O)C[C@H]2N1c1ccc(Cl)nc1. The van der Waals surface area contributed by atoms with Crippen LogP contribution in [-0.2, 0) is 0 Å². The van der Waals surface area contributed by atoms with Crippen LogP contribution in [0.1, 0.15) is 27.2 Å². The number of nitrogens with zero attached hydrogens (tertiary/aromatic N) is 3. The number of carbonyl (C=O) groups is 1. The second kappa shape index (κ2) is 5.30. The number of amides is 1. The summed E-state index contributed by atoms with van der Waals surface area (Å²) in [5, 5.41) is 9.74. The van der Waals surface area contributed by atoms with Gasteiger partial charge in [-0.15, -0.1) is 0 Å². The molecule has 1 aromatic heterocycles. The summed E-state index contributed by atoms with van der Waals surface area (Å²) in [5.41, 5.74) is 1.15. The van der Waals surface area contributed by atoms with Crippen molar-refractivity contribution in [2.45, 2.75) is 39.3 Å². The Kier molecular flexibility index (Phi) is 3.71. The Morgan fingerprint density at radius 2 is 2.09 bits per heavy atom. The molecule has 2 fully saturated rings. The first-order valence-corrected chi connectivity index (χ1v) is 8.03. The van der Waals surface area contributed by atoms with Crippen molar-refractivity contribution in [1.29, 1.82) is 0 Å². The van der Waals surface area contributed by atoms with Gasteiger partial charge in [-0.1, -0.05) is 32.4 Å². The van der Waals surface area contributed by atoms with Crippen LogP contribution < -0.4 is 4.90 Å². The normalized spacial score (nSPS) is 28.1. The smallest absolute Gasteiger partial charge is 0.407 e. The van der Waals surface area contributed by atoms with E-state index in [1.165, 1.54) is 4.90 Å². The molecule has 0 aliphatic carbocycles. The molecule has 1 unspecified atom stereocenters. The predicted octanol–water partition coefficient (Wildman–Crippen LogP) is 3.34. The number of carboxylic acid groups (broad SMARTS) is 1. The molecule has 0 bridgehead atoms. The Balaban J connectivity index is 1.94. The molecule has 0 aromatic carbocycles. The fourth-order valence-corrected chi connectivity index (χ4v) is 3.96. The Morgan fingerprint density at radius 3 is 2.64 bits per heavy atom. The number of aromatic nitrogens is 1. The highest BCUT2D eigenvalue weighted by Gasteiger charge is 2.50. The molecule has 1 aromatic rings. The lowest BCUT2D eigenvalue weighted by molar-refractivity contribution is 0.151. The van der Waals surface area contributed by atoms with Crippen molar-refractivity contribution in [3.05, 3.63) is 23.5 Å². The van der Waals surface area contributed by atoms with E-state index in [0.29, 0.717) is 30.2 Å². The lowest BCUT2D eigenvalue weighted by Crippen LogP contribution is -2.46. The molecule has 1 N–H and O–H groups in total. The minimum absolute atomic E-state index is 0.123. The van der Waals surface area contributed by atoms with E-state index in [1.54, 1.807) is 12.3 Å². The zero-order valence-corrected chi connectivity index (χ0v) is 13.9. The molecule has 3 rings (SSSR count). The fraction of sp³-hybridized carbons (Fsp3) is 0.625.